The number of fused-ring (bicyclic) bond motifs is 1. The van der Waals surface area contributed by atoms with Crippen molar-refractivity contribution in [3.8, 4) is 11.5 Å². The van der Waals surface area contributed by atoms with Crippen LogP contribution in [0.5, 0.6) is 0 Å². The van der Waals surface area contributed by atoms with Crippen LogP contribution < -0.4 is 10.6 Å². The van der Waals surface area contributed by atoms with Crippen molar-refractivity contribution < 1.29 is 19.2 Å². The second kappa shape index (κ2) is 10.1. The summed E-state index contributed by atoms with van der Waals surface area (Å²) in [6.45, 7) is 3.82. The molecule has 200 valence electrons. The zero-order chi connectivity index (χ0) is 27.0. The maximum absolute atomic E-state index is 12.4. The average Bonchev–Trinajstić information content (AvgIpc) is 3.62. The van der Waals surface area contributed by atoms with Gasteiger partial charge in [0.1, 0.15) is 17.3 Å². The molecule has 2 aliphatic rings. The number of aliphatic hydroxyl groups excluding tert-OH is 1. The van der Waals surface area contributed by atoms with E-state index in [1.807, 2.05) is 50.2 Å². The fraction of sp³-hybridized carbons (Fsp3) is 0.345. The molecular formula is C29H30N6O4. The standard InChI is InChI=1S/C29H30N6O4/c1-3-13-29(2)25-19(28(37)38-29)11-12-23(33-25)32-24-14-21(31-22(16-36)17-7-5-4-6-8-17)20(15-30-24)27-34-26(35-39-27)18-9-10-18/h4-8,11-12,14-15,18,22,36H,3,9-10,13,16H2,1-2H3,(H2,30,31,32,33). The molecule has 0 radical (unpaired) electrons. The summed E-state index contributed by atoms with van der Waals surface area (Å²) in [5.41, 5.74) is 2.57. The minimum Gasteiger partial charge on any atom is -0.449 e. The Morgan fingerprint density at radius 2 is 1.92 bits per heavy atom. The Hall–Kier alpha value is -4.31. The maximum Gasteiger partial charge on any atom is 0.341 e. The van der Waals surface area contributed by atoms with E-state index in [4.69, 9.17) is 14.2 Å². The molecule has 0 amide bonds. The highest BCUT2D eigenvalue weighted by Gasteiger charge is 2.42. The van der Waals surface area contributed by atoms with Gasteiger partial charge in [0.25, 0.3) is 5.89 Å². The van der Waals surface area contributed by atoms with E-state index < -0.39 is 5.60 Å². The van der Waals surface area contributed by atoms with E-state index in [1.165, 1.54) is 0 Å². The summed E-state index contributed by atoms with van der Waals surface area (Å²) >= 11 is 0. The van der Waals surface area contributed by atoms with E-state index in [0.29, 0.717) is 58.2 Å². The molecule has 1 fully saturated rings. The minimum atomic E-state index is -0.760. The number of aliphatic hydroxyl groups is 1. The summed E-state index contributed by atoms with van der Waals surface area (Å²) in [5, 5.41) is 21.0. The molecule has 10 heteroatoms. The molecule has 1 aliphatic heterocycles. The van der Waals surface area contributed by atoms with E-state index in [-0.39, 0.29) is 18.6 Å². The van der Waals surface area contributed by atoms with Gasteiger partial charge >= 0.3 is 5.97 Å². The van der Waals surface area contributed by atoms with Gasteiger partial charge in [0.2, 0.25) is 0 Å². The van der Waals surface area contributed by atoms with Gasteiger partial charge in [-0.05, 0) is 43.9 Å². The quantitative estimate of drug-likeness (QED) is 0.228. The molecule has 4 heterocycles. The van der Waals surface area contributed by atoms with Crippen molar-refractivity contribution in [1.82, 2.24) is 20.1 Å². The number of anilines is 3. The highest BCUT2D eigenvalue weighted by molar-refractivity contribution is 5.94. The topological polar surface area (TPSA) is 135 Å². The van der Waals surface area contributed by atoms with Gasteiger partial charge < -0.3 is 25.0 Å². The molecular weight excluding hydrogens is 496 g/mol. The van der Waals surface area contributed by atoms with E-state index in [0.717, 1.165) is 24.8 Å². The fourth-order valence-corrected chi connectivity index (χ4v) is 4.95. The zero-order valence-corrected chi connectivity index (χ0v) is 21.8. The smallest absolute Gasteiger partial charge is 0.341 e. The number of hydrogen-bond acceptors (Lipinski definition) is 10. The largest absolute Gasteiger partial charge is 0.449 e. The lowest BCUT2D eigenvalue weighted by molar-refractivity contribution is -0.00480. The third kappa shape index (κ3) is 4.95. The number of nitrogens with zero attached hydrogens (tertiary/aromatic N) is 4. The third-order valence-electron chi connectivity index (χ3n) is 7.15. The molecule has 1 aromatic carbocycles. The van der Waals surface area contributed by atoms with Crippen molar-refractivity contribution in [2.45, 2.75) is 57.1 Å². The van der Waals surface area contributed by atoms with Crippen molar-refractivity contribution in [1.29, 1.82) is 0 Å². The van der Waals surface area contributed by atoms with E-state index in [2.05, 4.69) is 25.8 Å². The van der Waals surface area contributed by atoms with Gasteiger partial charge in [-0.2, -0.15) is 4.98 Å². The summed E-state index contributed by atoms with van der Waals surface area (Å²) in [6, 6.07) is 14.6. The van der Waals surface area contributed by atoms with Gasteiger partial charge in [0.15, 0.2) is 11.4 Å². The molecule has 1 saturated carbocycles. The molecule has 1 aliphatic carbocycles. The van der Waals surface area contributed by atoms with Gasteiger partial charge in [-0.1, -0.05) is 48.8 Å². The van der Waals surface area contributed by atoms with Crippen LogP contribution in [0, 0.1) is 0 Å². The number of aromatic nitrogens is 4. The number of benzene rings is 1. The van der Waals surface area contributed by atoms with E-state index >= 15 is 0 Å². The molecule has 2 atom stereocenters. The first kappa shape index (κ1) is 25.0. The lowest BCUT2D eigenvalue weighted by Crippen LogP contribution is -2.22. The average molecular weight is 527 g/mol. The van der Waals surface area contributed by atoms with Crippen molar-refractivity contribution in [3.05, 3.63) is 77.4 Å². The van der Waals surface area contributed by atoms with Crippen molar-refractivity contribution in [2.75, 3.05) is 17.2 Å². The molecule has 6 rings (SSSR count). The maximum atomic E-state index is 12.4. The molecule has 10 nitrogen and oxygen atoms in total. The van der Waals surface area contributed by atoms with Crippen LogP contribution in [0.15, 0.2) is 59.3 Å². The Morgan fingerprint density at radius 3 is 2.67 bits per heavy atom. The lowest BCUT2D eigenvalue weighted by Gasteiger charge is -2.22. The normalized spacial score (nSPS) is 18.9. The molecule has 39 heavy (non-hydrogen) atoms. The van der Waals surface area contributed by atoms with Gasteiger partial charge in [-0.3, -0.25) is 0 Å². The molecule has 0 saturated heterocycles. The molecule has 3 N–H and O–H groups in total. The van der Waals surface area contributed by atoms with Crippen molar-refractivity contribution >= 4 is 23.3 Å². The first-order chi connectivity index (χ1) is 19.0. The van der Waals surface area contributed by atoms with Crippen molar-refractivity contribution in [3.63, 3.8) is 0 Å². The molecule has 2 unspecified atom stereocenters. The van der Waals surface area contributed by atoms with Crippen LogP contribution in [0.2, 0.25) is 0 Å². The number of nitrogens with one attached hydrogen (secondary N) is 2. The fourth-order valence-electron chi connectivity index (χ4n) is 4.95. The van der Waals surface area contributed by atoms with Crippen LogP contribution in [-0.4, -0.2) is 37.8 Å². The van der Waals surface area contributed by atoms with Crippen LogP contribution in [0.1, 0.15) is 78.9 Å². The summed E-state index contributed by atoms with van der Waals surface area (Å²) in [6.07, 6.45) is 5.32. The summed E-state index contributed by atoms with van der Waals surface area (Å²) in [7, 11) is 0. The van der Waals surface area contributed by atoms with Crippen LogP contribution in [0.25, 0.3) is 11.5 Å². The Labute approximate surface area is 225 Å². The van der Waals surface area contributed by atoms with Gasteiger partial charge in [0, 0.05) is 18.2 Å². The second-order valence-electron chi connectivity index (χ2n) is 10.2. The Kier molecular flexibility index (Phi) is 6.48. The second-order valence-corrected chi connectivity index (χ2v) is 10.2. The Balaban J connectivity index is 1.34. The molecule has 3 aromatic heterocycles. The number of pyridine rings is 2. The van der Waals surface area contributed by atoms with Crippen LogP contribution in [0.4, 0.5) is 17.3 Å². The molecule has 0 spiro atoms. The number of carbonyl (C=O) groups excluding carboxylic acids is 1. The molecule has 4 aromatic rings. The lowest BCUT2D eigenvalue weighted by atomic mass is 9.95. The number of hydrogen-bond donors (Lipinski definition) is 3. The van der Waals surface area contributed by atoms with Crippen LogP contribution >= 0.6 is 0 Å². The summed E-state index contributed by atoms with van der Waals surface area (Å²) in [5.74, 6) is 2.12. The number of rotatable bonds is 10. The first-order valence-electron chi connectivity index (χ1n) is 13.3. The Morgan fingerprint density at radius 1 is 1.10 bits per heavy atom. The zero-order valence-electron chi connectivity index (χ0n) is 21.8. The Bertz CT molecular complexity index is 1500. The number of ether oxygens (including phenoxy) is 1. The van der Waals surface area contributed by atoms with Gasteiger partial charge in [0.05, 0.1) is 29.5 Å². The van der Waals surface area contributed by atoms with Gasteiger partial charge in [-0.25, -0.2) is 14.8 Å². The van der Waals surface area contributed by atoms with Gasteiger partial charge in [-0.15, -0.1) is 0 Å². The van der Waals surface area contributed by atoms with Crippen molar-refractivity contribution in [2.24, 2.45) is 0 Å². The SMILES string of the molecule is CCCC1(C)OC(=O)c2ccc(Nc3cc(NC(CO)c4ccccc4)c(-c4nc(C5CC5)no4)cn3)nc21. The molecule has 0 bridgehead atoms. The van der Waals surface area contributed by atoms with E-state index in [9.17, 15) is 9.90 Å². The number of cyclic esters (lactones) is 1. The number of esters is 1. The monoisotopic (exact) mass is 526 g/mol. The van der Waals surface area contributed by atoms with Crippen LogP contribution in [0.3, 0.4) is 0 Å². The predicted octanol–water partition coefficient (Wildman–Crippen LogP) is 5.48. The van der Waals surface area contributed by atoms with Crippen LogP contribution in [-0.2, 0) is 10.3 Å². The highest BCUT2D eigenvalue weighted by Crippen LogP contribution is 2.41. The predicted molar refractivity (Wildman–Crippen MR) is 145 cm³/mol. The summed E-state index contributed by atoms with van der Waals surface area (Å²) in [4.78, 5) is 26.3. The van der Waals surface area contributed by atoms with E-state index in [1.54, 1.807) is 18.3 Å². The first-order valence-corrected chi connectivity index (χ1v) is 13.3. The minimum absolute atomic E-state index is 0.123. The summed E-state index contributed by atoms with van der Waals surface area (Å²) < 4.78 is 11.3. The number of carbonyl (C=O) groups is 1. The highest BCUT2D eigenvalue weighted by atomic mass is 16.6. The third-order valence-corrected chi connectivity index (χ3v) is 7.15.